The van der Waals surface area contributed by atoms with Crippen molar-refractivity contribution in [1.29, 1.82) is 0 Å². The van der Waals surface area contributed by atoms with Gasteiger partial charge in [0.25, 0.3) is 0 Å². The minimum absolute atomic E-state index is 0.127. The lowest BCUT2D eigenvalue weighted by Gasteiger charge is -2.21. The highest BCUT2D eigenvalue weighted by molar-refractivity contribution is 7.89. The molecule has 2 N–H and O–H groups in total. The van der Waals surface area contributed by atoms with E-state index in [4.69, 9.17) is 5.11 Å². The number of benzene rings is 1. The molecule has 0 radical (unpaired) electrons. The molecule has 5 nitrogen and oxygen atoms in total. The van der Waals surface area contributed by atoms with Crippen molar-refractivity contribution in [3.63, 3.8) is 0 Å². The zero-order valence-electron chi connectivity index (χ0n) is 17.7. The molecule has 9 heteroatoms. The Morgan fingerprint density at radius 3 is 2.47 bits per heavy atom. The van der Waals surface area contributed by atoms with E-state index in [1.807, 2.05) is 12.2 Å². The Balaban J connectivity index is 1.59. The van der Waals surface area contributed by atoms with Crippen molar-refractivity contribution in [3.05, 3.63) is 58.8 Å². The molecule has 32 heavy (non-hydrogen) atoms. The van der Waals surface area contributed by atoms with E-state index in [9.17, 15) is 26.4 Å². The van der Waals surface area contributed by atoms with Gasteiger partial charge in [-0.3, -0.25) is 9.52 Å². The number of fused-ring (bicyclic) bond motifs is 2. The van der Waals surface area contributed by atoms with Crippen molar-refractivity contribution < 1.29 is 31.5 Å². The first-order valence-electron chi connectivity index (χ1n) is 10.8. The number of aliphatic carboxylic acids is 1. The average Bonchev–Trinajstić information content (AvgIpc) is 3.31. The summed E-state index contributed by atoms with van der Waals surface area (Å²) in [7, 11) is -3.63. The highest BCUT2D eigenvalue weighted by Gasteiger charge is 2.39. The Morgan fingerprint density at radius 1 is 1.12 bits per heavy atom. The number of alkyl halides is 3. The van der Waals surface area contributed by atoms with Crippen LogP contribution in [0.4, 0.5) is 13.2 Å². The van der Waals surface area contributed by atoms with E-state index in [0.717, 1.165) is 42.7 Å². The molecule has 0 saturated heterocycles. The number of unbranched alkanes of at least 4 members (excludes halogenated alkanes) is 1. The molecule has 2 unspecified atom stereocenters. The second-order valence-electron chi connectivity index (χ2n) is 8.47. The molecule has 0 aliphatic heterocycles. The summed E-state index contributed by atoms with van der Waals surface area (Å²) in [6, 6.07) is 4.56. The summed E-state index contributed by atoms with van der Waals surface area (Å²) < 4.78 is 66.2. The zero-order chi connectivity index (χ0) is 23.4. The minimum atomic E-state index is -4.42. The van der Waals surface area contributed by atoms with E-state index in [-0.39, 0.29) is 24.5 Å². The Labute approximate surface area is 186 Å². The molecule has 0 heterocycles. The number of carbonyl (C=O) groups is 1. The van der Waals surface area contributed by atoms with Crippen LogP contribution in [0.3, 0.4) is 0 Å². The Hall–Kier alpha value is -2.29. The number of carboxylic acids is 1. The van der Waals surface area contributed by atoms with Gasteiger partial charge in [-0.05, 0) is 74.1 Å². The van der Waals surface area contributed by atoms with E-state index in [1.54, 1.807) is 0 Å². The van der Waals surface area contributed by atoms with Crippen LogP contribution in [0.15, 0.2) is 47.7 Å². The van der Waals surface area contributed by atoms with Crippen LogP contribution >= 0.6 is 0 Å². The first kappa shape index (κ1) is 24.4. The van der Waals surface area contributed by atoms with Crippen molar-refractivity contribution in [1.82, 2.24) is 4.72 Å². The van der Waals surface area contributed by atoms with E-state index >= 15 is 0 Å². The maximum absolute atomic E-state index is 12.7. The van der Waals surface area contributed by atoms with Gasteiger partial charge in [-0.15, -0.1) is 0 Å². The van der Waals surface area contributed by atoms with Crippen LogP contribution in [0.1, 0.15) is 56.1 Å². The third-order valence-corrected chi connectivity index (χ3v) is 7.42. The van der Waals surface area contributed by atoms with E-state index in [1.165, 1.54) is 12.1 Å². The highest BCUT2D eigenvalue weighted by atomic mass is 32.2. The summed E-state index contributed by atoms with van der Waals surface area (Å²) in [5, 5.41) is 8.68. The second kappa shape index (κ2) is 10.1. The average molecular weight is 472 g/mol. The third kappa shape index (κ3) is 6.60. The van der Waals surface area contributed by atoms with Gasteiger partial charge in [-0.1, -0.05) is 24.3 Å². The first-order valence-corrected chi connectivity index (χ1v) is 12.5. The van der Waals surface area contributed by atoms with Crippen LogP contribution in [0.25, 0.3) is 0 Å². The summed E-state index contributed by atoms with van der Waals surface area (Å²) in [6.45, 7) is 0. The standard InChI is InChI=1S/C23H28F3NO4S/c24-23(25,26)19-11-7-16(8-12-19)13-14-32(30,31)27-22-18-10-9-17(15-18)20(22)5-3-1-2-4-6-21(28)29/h1,3,7-8,11-12,17-18,27H,2,4-6,9-10,13-15H2,(H,28,29). The molecule has 3 rings (SSSR count). The molecule has 1 aromatic rings. The van der Waals surface area contributed by atoms with E-state index in [2.05, 4.69) is 4.72 Å². The molecule has 0 spiro atoms. The van der Waals surface area contributed by atoms with Crippen LogP contribution < -0.4 is 4.72 Å². The summed E-state index contributed by atoms with van der Waals surface area (Å²) in [4.78, 5) is 10.6. The summed E-state index contributed by atoms with van der Waals surface area (Å²) >= 11 is 0. The number of hydrogen-bond acceptors (Lipinski definition) is 3. The fourth-order valence-corrected chi connectivity index (χ4v) is 5.74. The molecule has 0 amide bonds. The molecule has 1 aromatic carbocycles. The SMILES string of the molecule is O=C(O)CCCC=CCC1=C(NS(=O)(=O)CCc2ccc(C(F)(F)F)cc2)C2CCC1C2. The molecule has 2 aliphatic carbocycles. The maximum atomic E-state index is 12.7. The third-order valence-electron chi connectivity index (χ3n) is 6.15. The van der Waals surface area contributed by atoms with Gasteiger partial charge in [0.05, 0.1) is 11.3 Å². The number of nitrogens with one attached hydrogen (secondary N) is 1. The molecule has 176 valence electrons. The molecule has 2 atom stereocenters. The first-order chi connectivity index (χ1) is 15.0. The zero-order valence-corrected chi connectivity index (χ0v) is 18.5. The molecule has 2 aliphatic rings. The van der Waals surface area contributed by atoms with Crippen molar-refractivity contribution in [2.24, 2.45) is 11.8 Å². The van der Waals surface area contributed by atoms with Crippen LogP contribution in [0.5, 0.6) is 0 Å². The van der Waals surface area contributed by atoms with Crippen LogP contribution in [0, 0.1) is 11.8 Å². The topological polar surface area (TPSA) is 83.5 Å². The number of hydrogen-bond donors (Lipinski definition) is 2. The summed E-state index contributed by atoms with van der Waals surface area (Å²) in [6.07, 6.45) is 4.59. The Kier molecular flexibility index (Phi) is 7.69. The van der Waals surface area contributed by atoms with Crippen LogP contribution in [0.2, 0.25) is 0 Å². The Morgan fingerprint density at radius 2 is 1.81 bits per heavy atom. The van der Waals surface area contributed by atoms with Crippen molar-refractivity contribution in [3.8, 4) is 0 Å². The molecular formula is C23H28F3NO4S. The number of allylic oxidation sites excluding steroid dienone is 4. The number of aryl methyl sites for hydroxylation is 1. The largest absolute Gasteiger partial charge is 0.481 e. The minimum Gasteiger partial charge on any atom is -0.481 e. The van der Waals surface area contributed by atoms with Gasteiger partial charge in [-0.25, -0.2) is 8.42 Å². The lowest BCUT2D eigenvalue weighted by molar-refractivity contribution is -0.138. The van der Waals surface area contributed by atoms with Gasteiger partial charge >= 0.3 is 12.1 Å². The van der Waals surface area contributed by atoms with E-state index < -0.39 is 27.7 Å². The van der Waals surface area contributed by atoms with Gasteiger partial charge in [0.15, 0.2) is 0 Å². The number of rotatable bonds is 11. The Bertz CT molecular complexity index is 981. The smallest absolute Gasteiger partial charge is 0.416 e. The van der Waals surface area contributed by atoms with Gasteiger partial charge in [0, 0.05) is 18.0 Å². The number of carboxylic acid groups (broad SMARTS) is 1. The van der Waals surface area contributed by atoms with E-state index in [0.29, 0.717) is 30.7 Å². The van der Waals surface area contributed by atoms with Crippen molar-refractivity contribution in [2.45, 2.75) is 57.5 Å². The number of sulfonamides is 1. The van der Waals surface area contributed by atoms with Crippen molar-refractivity contribution in [2.75, 3.05) is 5.75 Å². The molecule has 1 saturated carbocycles. The summed E-state index contributed by atoms with van der Waals surface area (Å²) in [5.41, 5.74) is 1.67. The monoisotopic (exact) mass is 471 g/mol. The normalized spacial score (nSPS) is 21.0. The predicted molar refractivity (Wildman–Crippen MR) is 115 cm³/mol. The molecule has 0 aromatic heterocycles. The van der Waals surface area contributed by atoms with Gasteiger partial charge in [0.2, 0.25) is 10.0 Å². The van der Waals surface area contributed by atoms with Crippen molar-refractivity contribution >= 4 is 16.0 Å². The molecule has 2 bridgehead atoms. The fraction of sp³-hybridized carbons (Fsp3) is 0.522. The molecule has 1 fully saturated rings. The maximum Gasteiger partial charge on any atom is 0.416 e. The highest BCUT2D eigenvalue weighted by Crippen LogP contribution is 2.49. The number of halogens is 3. The van der Waals surface area contributed by atoms with Crippen LogP contribution in [-0.2, 0) is 27.4 Å². The van der Waals surface area contributed by atoms with Gasteiger partial charge in [0.1, 0.15) is 0 Å². The lowest BCUT2D eigenvalue weighted by atomic mass is 9.93. The quantitative estimate of drug-likeness (QED) is 0.349. The lowest BCUT2D eigenvalue weighted by Crippen LogP contribution is -2.30. The molecular weight excluding hydrogens is 443 g/mol. The fourth-order valence-electron chi connectivity index (χ4n) is 4.50. The van der Waals surface area contributed by atoms with Crippen LogP contribution in [-0.4, -0.2) is 25.2 Å². The summed E-state index contributed by atoms with van der Waals surface area (Å²) in [5.74, 6) is -0.438. The van der Waals surface area contributed by atoms with Gasteiger partial charge < -0.3 is 5.11 Å². The second-order valence-corrected chi connectivity index (χ2v) is 10.3. The predicted octanol–water partition coefficient (Wildman–Crippen LogP) is 5.05. The van der Waals surface area contributed by atoms with Gasteiger partial charge in [-0.2, -0.15) is 13.2 Å².